The van der Waals surface area contributed by atoms with Crippen LogP contribution in [0.4, 0.5) is 4.79 Å². The zero-order valence-electron chi connectivity index (χ0n) is 7.86. The molecular weight excluding hydrogens is 196 g/mol. The van der Waals surface area contributed by atoms with Gasteiger partial charge < -0.3 is 11.1 Å². The Kier molecular flexibility index (Phi) is 2.12. The van der Waals surface area contributed by atoms with Gasteiger partial charge >= 0.3 is 6.03 Å². The molecule has 6 heteroatoms. The van der Waals surface area contributed by atoms with Crippen molar-refractivity contribution in [2.24, 2.45) is 5.73 Å². The molecule has 1 aromatic heterocycles. The second kappa shape index (κ2) is 3.32. The molecule has 0 bridgehead atoms. The minimum absolute atomic E-state index is 0.00370. The molecule has 1 atom stereocenters. The summed E-state index contributed by atoms with van der Waals surface area (Å²) >= 11 is 0. The van der Waals surface area contributed by atoms with Crippen LogP contribution in [0.25, 0.3) is 0 Å². The highest BCUT2D eigenvalue weighted by Gasteiger charge is 2.46. The maximum absolute atomic E-state index is 11.6. The summed E-state index contributed by atoms with van der Waals surface area (Å²) in [6.45, 7) is -0.00370. The van der Waals surface area contributed by atoms with Crippen LogP contribution in [-0.4, -0.2) is 23.5 Å². The normalized spacial score (nSPS) is 24.9. The fraction of sp³-hybridized carbons (Fsp3) is 0.222. The molecule has 1 unspecified atom stereocenters. The van der Waals surface area contributed by atoms with Crippen LogP contribution in [0.15, 0.2) is 24.5 Å². The molecule has 0 saturated carbocycles. The highest BCUT2D eigenvalue weighted by Crippen LogP contribution is 2.22. The number of nitrogens with one attached hydrogen (secondary N) is 2. The third kappa shape index (κ3) is 1.35. The van der Waals surface area contributed by atoms with Gasteiger partial charge in [-0.1, -0.05) is 6.07 Å². The molecule has 0 aromatic carbocycles. The van der Waals surface area contributed by atoms with E-state index in [1.165, 1.54) is 6.20 Å². The van der Waals surface area contributed by atoms with E-state index in [4.69, 9.17) is 5.73 Å². The van der Waals surface area contributed by atoms with Crippen LogP contribution in [0.1, 0.15) is 5.56 Å². The number of hydrogen-bond acceptors (Lipinski definition) is 4. The number of rotatable bonds is 2. The van der Waals surface area contributed by atoms with Crippen molar-refractivity contribution >= 4 is 11.9 Å². The van der Waals surface area contributed by atoms with E-state index in [9.17, 15) is 9.59 Å². The Morgan fingerprint density at radius 3 is 2.73 bits per heavy atom. The summed E-state index contributed by atoms with van der Waals surface area (Å²) in [5, 5.41) is 4.68. The Morgan fingerprint density at radius 2 is 2.27 bits per heavy atom. The molecule has 0 radical (unpaired) electrons. The molecule has 78 valence electrons. The van der Waals surface area contributed by atoms with Crippen molar-refractivity contribution in [3.63, 3.8) is 0 Å². The van der Waals surface area contributed by atoms with Gasteiger partial charge in [-0.15, -0.1) is 0 Å². The highest BCUT2D eigenvalue weighted by molar-refractivity contribution is 6.07. The first-order valence-electron chi connectivity index (χ1n) is 4.43. The van der Waals surface area contributed by atoms with Crippen LogP contribution in [0.2, 0.25) is 0 Å². The van der Waals surface area contributed by atoms with Gasteiger partial charge in [-0.2, -0.15) is 0 Å². The summed E-state index contributed by atoms with van der Waals surface area (Å²) in [4.78, 5) is 26.6. The summed E-state index contributed by atoms with van der Waals surface area (Å²) in [6.07, 6.45) is 3.10. The van der Waals surface area contributed by atoms with Crippen LogP contribution in [0, 0.1) is 0 Å². The Bertz CT molecular complexity index is 406. The first-order valence-corrected chi connectivity index (χ1v) is 4.43. The van der Waals surface area contributed by atoms with Gasteiger partial charge in [-0.25, -0.2) is 4.79 Å². The lowest BCUT2D eigenvalue weighted by Gasteiger charge is -2.23. The largest absolute Gasteiger partial charge is 0.327 e. The molecule has 2 heterocycles. The topological polar surface area (TPSA) is 97.1 Å². The van der Waals surface area contributed by atoms with Gasteiger partial charge in [0.2, 0.25) is 0 Å². The lowest BCUT2D eigenvalue weighted by molar-refractivity contribution is -0.123. The Morgan fingerprint density at radius 1 is 1.47 bits per heavy atom. The van der Waals surface area contributed by atoms with E-state index in [0.717, 1.165) is 0 Å². The predicted molar refractivity (Wildman–Crippen MR) is 51.6 cm³/mol. The van der Waals surface area contributed by atoms with Crippen molar-refractivity contribution in [3.05, 3.63) is 30.1 Å². The zero-order chi connectivity index (χ0) is 10.9. The highest BCUT2D eigenvalue weighted by atomic mass is 16.2. The van der Waals surface area contributed by atoms with Crippen molar-refractivity contribution in [1.82, 2.24) is 15.6 Å². The first-order chi connectivity index (χ1) is 7.19. The van der Waals surface area contributed by atoms with Crippen LogP contribution in [0.3, 0.4) is 0 Å². The van der Waals surface area contributed by atoms with Gasteiger partial charge in [-0.05, 0) is 6.07 Å². The number of imide groups is 1. The molecule has 15 heavy (non-hydrogen) atoms. The van der Waals surface area contributed by atoms with E-state index >= 15 is 0 Å². The van der Waals surface area contributed by atoms with E-state index in [1.54, 1.807) is 18.3 Å². The summed E-state index contributed by atoms with van der Waals surface area (Å²) in [7, 11) is 0. The number of hydrogen-bond donors (Lipinski definition) is 3. The zero-order valence-corrected chi connectivity index (χ0v) is 7.86. The lowest BCUT2D eigenvalue weighted by Crippen LogP contribution is -2.49. The molecule has 3 amide bonds. The van der Waals surface area contributed by atoms with Crippen LogP contribution < -0.4 is 16.4 Å². The van der Waals surface area contributed by atoms with Crippen LogP contribution in [0.5, 0.6) is 0 Å². The number of urea groups is 1. The van der Waals surface area contributed by atoms with Crippen LogP contribution in [-0.2, 0) is 10.3 Å². The smallest absolute Gasteiger partial charge is 0.322 e. The summed E-state index contributed by atoms with van der Waals surface area (Å²) in [5.41, 5.74) is 4.95. The molecular formula is C9H10N4O2. The maximum atomic E-state index is 11.6. The van der Waals surface area contributed by atoms with E-state index in [-0.39, 0.29) is 6.54 Å². The molecule has 0 aliphatic carbocycles. The number of aromatic nitrogens is 1. The van der Waals surface area contributed by atoms with E-state index in [2.05, 4.69) is 15.6 Å². The van der Waals surface area contributed by atoms with Gasteiger partial charge in [0, 0.05) is 24.5 Å². The molecule has 6 nitrogen and oxygen atoms in total. The number of amides is 3. The third-order valence-electron chi connectivity index (χ3n) is 2.40. The molecule has 1 fully saturated rings. The number of carbonyl (C=O) groups is 2. The Balaban J connectivity index is 2.47. The standard InChI is InChI=1S/C9H10N4O2/c10-5-9(6-2-1-3-11-4-6)7(14)12-8(15)13-9/h1-4H,5,10H2,(H2,12,13,14,15). The van der Waals surface area contributed by atoms with Gasteiger partial charge in [0.05, 0.1) is 0 Å². The fourth-order valence-electron chi connectivity index (χ4n) is 1.57. The molecule has 1 aliphatic heterocycles. The van der Waals surface area contributed by atoms with Crippen LogP contribution >= 0.6 is 0 Å². The maximum Gasteiger partial charge on any atom is 0.322 e. The molecule has 0 spiro atoms. The summed E-state index contributed by atoms with van der Waals surface area (Å²) in [5.74, 6) is -0.442. The number of nitrogens with zero attached hydrogens (tertiary/aromatic N) is 1. The summed E-state index contributed by atoms with van der Waals surface area (Å²) < 4.78 is 0. The van der Waals surface area contributed by atoms with Crippen molar-refractivity contribution in [2.75, 3.05) is 6.54 Å². The fourth-order valence-corrected chi connectivity index (χ4v) is 1.57. The second-order valence-electron chi connectivity index (χ2n) is 3.26. The van der Waals surface area contributed by atoms with E-state index in [1.807, 2.05) is 0 Å². The number of nitrogens with two attached hydrogens (primary N) is 1. The predicted octanol–water partition coefficient (Wildman–Crippen LogP) is -0.925. The van der Waals surface area contributed by atoms with Crippen molar-refractivity contribution < 1.29 is 9.59 Å². The van der Waals surface area contributed by atoms with Gasteiger partial charge in [0.15, 0.2) is 5.54 Å². The summed E-state index contributed by atoms with van der Waals surface area (Å²) in [6, 6.07) is 2.85. The molecule has 4 N–H and O–H groups in total. The minimum Gasteiger partial charge on any atom is -0.327 e. The average molecular weight is 206 g/mol. The van der Waals surface area contributed by atoms with Gasteiger partial charge in [-0.3, -0.25) is 15.1 Å². The second-order valence-corrected chi connectivity index (χ2v) is 3.26. The van der Waals surface area contributed by atoms with E-state index < -0.39 is 17.5 Å². The van der Waals surface area contributed by atoms with Gasteiger partial charge in [0.25, 0.3) is 5.91 Å². The number of pyridine rings is 1. The van der Waals surface area contributed by atoms with Crippen molar-refractivity contribution in [1.29, 1.82) is 0 Å². The third-order valence-corrected chi connectivity index (χ3v) is 2.40. The molecule has 1 aliphatic rings. The van der Waals surface area contributed by atoms with Crippen molar-refractivity contribution in [2.45, 2.75) is 5.54 Å². The lowest BCUT2D eigenvalue weighted by atomic mass is 9.91. The first kappa shape index (κ1) is 9.60. The SMILES string of the molecule is NCC1(c2cccnc2)NC(=O)NC1=O. The van der Waals surface area contributed by atoms with Gasteiger partial charge in [0.1, 0.15) is 0 Å². The Labute approximate surface area is 85.9 Å². The molecule has 1 aromatic rings. The minimum atomic E-state index is -1.18. The monoisotopic (exact) mass is 206 g/mol. The van der Waals surface area contributed by atoms with Crippen molar-refractivity contribution in [3.8, 4) is 0 Å². The quantitative estimate of drug-likeness (QED) is 0.545. The van der Waals surface area contributed by atoms with E-state index in [0.29, 0.717) is 5.56 Å². The molecule has 2 rings (SSSR count). The number of carbonyl (C=O) groups excluding carboxylic acids is 2. The Hall–Kier alpha value is -1.95. The molecule has 1 saturated heterocycles. The average Bonchev–Trinajstić information content (AvgIpc) is 2.56.